The molecule has 2 nitrogen and oxygen atoms in total. The van der Waals surface area contributed by atoms with Crippen molar-refractivity contribution < 1.29 is 0 Å². The molecule has 0 aliphatic rings. The third-order valence-electron chi connectivity index (χ3n) is 11.2. The summed E-state index contributed by atoms with van der Waals surface area (Å²) < 4.78 is 5.04. The second kappa shape index (κ2) is 13.8. The van der Waals surface area contributed by atoms with Gasteiger partial charge in [0.05, 0.1) is 27.1 Å². The fraction of sp³-hybridized carbons (Fsp3) is 0. The van der Waals surface area contributed by atoms with Crippen LogP contribution < -0.4 is 4.90 Å². The van der Waals surface area contributed by atoms with Crippen LogP contribution in [0.3, 0.4) is 0 Å². The molecule has 0 amide bonds. The van der Waals surface area contributed by atoms with Crippen molar-refractivity contribution in [2.75, 3.05) is 4.90 Å². The molecule has 11 rings (SSSR count). The lowest BCUT2D eigenvalue weighted by Crippen LogP contribution is -2.12. The molecule has 0 fully saturated rings. The third-order valence-corrected chi connectivity index (χ3v) is 12.5. The maximum Gasteiger partial charge on any atom is 0.0727 e. The van der Waals surface area contributed by atoms with E-state index in [0.29, 0.717) is 0 Å². The summed E-state index contributed by atoms with van der Waals surface area (Å²) in [6, 6.07) is 79.2. The highest BCUT2D eigenvalue weighted by atomic mass is 32.1. The molecule has 0 unspecified atom stereocenters. The number of hydrogen-bond donors (Lipinski definition) is 0. The number of aromatic nitrogens is 1. The van der Waals surface area contributed by atoms with Gasteiger partial charge in [0.2, 0.25) is 0 Å². The molecule has 0 aliphatic heterocycles. The van der Waals surface area contributed by atoms with Crippen LogP contribution in [0.5, 0.6) is 0 Å². The molecule has 0 bridgehead atoms. The van der Waals surface area contributed by atoms with Gasteiger partial charge in [0.25, 0.3) is 0 Å². The van der Waals surface area contributed by atoms with E-state index in [9.17, 15) is 0 Å². The number of fused-ring (bicyclic) bond motifs is 6. The molecule has 9 aromatic carbocycles. The molecule has 0 aliphatic carbocycles. The van der Waals surface area contributed by atoms with E-state index < -0.39 is 0 Å². The summed E-state index contributed by atoms with van der Waals surface area (Å²) in [7, 11) is 0. The summed E-state index contributed by atoms with van der Waals surface area (Å²) >= 11 is 1.90. The van der Waals surface area contributed by atoms with E-state index in [1.807, 2.05) is 11.3 Å². The maximum absolute atomic E-state index is 2.45. The molecule has 2 heterocycles. The number of thiophene rings is 1. The average Bonchev–Trinajstić information content (AvgIpc) is 3.83. The average molecular weight is 745 g/mol. The zero-order valence-electron chi connectivity index (χ0n) is 31.1. The first-order valence-corrected chi connectivity index (χ1v) is 20.3. The lowest BCUT2D eigenvalue weighted by atomic mass is 9.96. The van der Waals surface area contributed by atoms with Crippen molar-refractivity contribution in [1.29, 1.82) is 0 Å². The van der Waals surface area contributed by atoms with Gasteiger partial charge in [-0.3, -0.25) is 0 Å². The molecular formula is C54H36N2S. The molecule has 0 N–H and O–H groups in total. The van der Waals surface area contributed by atoms with Crippen molar-refractivity contribution in [1.82, 2.24) is 4.57 Å². The van der Waals surface area contributed by atoms with Crippen LogP contribution in [0.25, 0.3) is 81.0 Å². The number of anilines is 3. The van der Waals surface area contributed by atoms with Gasteiger partial charge >= 0.3 is 0 Å². The Bertz CT molecular complexity index is 3220. The summed E-state index contributed by atoms with van der Waals surface area (Å²) in [5.74, 6) is 0. The quantitative estimate of drug-likeness (QED) is 0.158. The summed E-state index contributed by atoms with van der Waals surface area (Å²) in [5, 5.41) is 5.05. The van der Waals surface area contributed by atoms with E-state index in [1.165, 1.54) is 81.0 Å². The normalized spacial score (nSPS) is 11.5. The van der Waals surface area contributed by atoms with Crippen LogP contribution in [-0.4, -0.2) is 4.57 Å². The molecule has 0 atom stereocenters. The van der Waals surface area contributed by atoms with Gasteiger partial charge in [-0.15, -0.1) is 11.3 Å². The van der Waals surface area contributed by atoms with Crippen LogP contribution >= 0.6 is 11.3 Å². The molecule has 0 spiro atoms. The van der Waals surface area contributed by atoms with E-state index in [1.54, 1.807) is 0 Å². The lowest BCUT2D eigenvalue weighted by Gasteiger charge is -2.30. The minimum atomic E-state index is 1.10. The standard InChI is InChI=1S/C54H36N2S/c1-3-17-38(18-4-1)44-24-9-12-30-49(44)55(41-35-33-39(34-36-41)43-27-15-20-37-19-7-8-23-42(37)43)50-31-13-10-25-45(50)46-28-16-29-48-52-54(57-53(46)48)47-26-11-14-32-51(47)56(52)40-21-5-2-6-22-40/h1-36H. The Labute approximate surface area is 335 Å². The van der Waals surface area contributed by atoms with Crippen molar-refractivity contribution in [2.45, 2.75) is 0 Å². The third kappa shape index (κ3) is 5.55. The molecule has 0 saturated heterocycles. The summed E-state index contributed by atoms with van der Waals surface area (Å²) in [6.45, 7) is 0. The second-order valence-electron chi connectivity index (χ2n) is 14.5. The van der Waals surface area contributed by atoms with E-state index in [-0.39, 0.29) is 0 Å². The predicted octanol–water partition coefficient (Wildman–Crippen LogP) is 15.6. The van der Waals surface area contributed by atoms with Gasteiger partial charge < -0.3 is 9.47 Å². The first-order valence-electron chi connectivity index (χ1n) is 19.4. The summed E-state index contributed by atoms with van der Waals surface area (Å²) in [4.78, 5) is 2.45. The first kappa shape index (κ1) is 33.2. The minimum absolute atomic E-state index is 1.10. The number of nitrogens with zero attached hydrogens (tertiary/aromatic N) is 2. The fourth-order valence-electron chi connectivity index (χ4n) is 8.65. The van der Waals surface area contributed by atoms with E-state index in [4.69, 9.17) is 0 Å². The Hall–Kier alpha value is -7.20. The Balaban J connectivity index is 1.14. The summed E-state index contributed by atoms with van der Waals surface area (Å²) in [5.41, 5.74) is 14.2. The van der Waals surface area contributed by atoms with E-state index in [2.05, 4.69) is 228 Å². The Morgan fingerprint density at radius 1 is 0.351 bits per heavy atom. The van der Waals surface area contributed by atoms with E-state index >= 15 is 0 Å². The van der Waals surface area contributed by atoms with Crippen molar-refractivity contribution >= 4 is 70.4 Å². The Morgan fingerprint density at radius 2 is 0.895 bits per heavy atom. The van der Waals surface area contributed by atoms with Gasteiger partial charge in [-0.25, -0.2) is 0 Å². The van der Waals surface area contributed by atoms with Gasteiger partial charge in [0.15, 0.2) is 0 Å². The van der Waals surface area contributed by atoms with Crippen molar-refractivity contribution in [2.24, 2.45) is 0 Å². The molecular weight excluding hydrogens is 709 g/mol. The zero-order chi connectivity index (χ0) is 37.7. The van der Waals surface area contributed by atoms with Gasteiger partial charge in [-0.1, -0.05) is 176 Å². The molecule has 0 saturated carbocycles. The van der Waals surface area contributed by atoms with Gasteiger partial charge in [0, 0.05) is 43.5 Å². The minimum Gasteiger partial charge on any atom is -0.309 e. The Morgan fingerprint density at radius 3 is 1.70 bits per heavy atom. The molecule has 0 radical (unpaired) electrons. The highest BCUT2D eigenvalue weighted by Crippen LogP contribution is 2.50. The van der Waals surface area contributed by atoms with Gasteiger partial charge in [-0.2, -0.15) is 0 Å². The first-order chi connectivity index (χ1) is 28.3. The van der Waals surface area contributed by atoms with E-state index in [0.717, 1.165) is 17.1 Å². The number of rotatable bonds is 7. The smallest absolute Gasteiger partial charge is 0.0727 e. The Kier molecular flexibility index (Phi) is 8.04. The van der Waals surface area contributed by atoms with Crippen molar-refractivity contribution in [3.8, 4) is 39.1 Å². The highest BCUT2D eigenvalue weighted by Gasteiger charge is 2.24. The molecule has 268 valence electrons. The molecule has 57 heavy (non-hydrogen) atoms. The summed E-state index contributed by atoms with van der Waals surface area (Å²) in [6.07, 6.45) is 0. The second-order valence-corrected chi connectivity index (χ2v) is 15.5. The SMILES string of the molecule is c1ccc(-c2ccccc2N(c2ccc(-c3cccc4ccccc34)cc2)c2ccccc2-c2cccc3c2sc2c4ccccc4n(-c4ccccc4)c32)cc1. The van der Waals surface area contributed by atoms with Crippen LogP contribution in [0, 0.1) is 0 Å². The number of benzene rings is 9. The number of hydrogen-bond acceptors (Lipinski definition) is 2. The van der Waals surface area contributed by atoms with Crippen molar-refractivity contribution in [3.63, 3.8) is 0 Å². The van der Waals surface area contributed by atoms with Crippen LogP contribution in [0.15, 0.2) is 218 Å². The fourth-order valence-corrected chi connectivity index (χ4v) is 10.00. The van der Waals surface area contributed by atoms with Crippen LogP contribution in [0.2, 0.25) is 0 Å². The lowest BCUT2D eigenvalue weighted by molar-refractivity contribution is 1.19. The maximum atomic E-state index is 2.45. The van der Waals surface area contributed by atoms with Crippen LogP contribution in [0.4, 0.5) is 17.1 Å². The predicted molar refractivity (Wildman–Crippen MR) is 245 cm³/mol. The largest absolute Gasteiger partial charge is 0.309 e. The van der Waals surface area contributed by atoms with Crippen LogP contribution in [0.1, 0.15) is 0 Å². The number of para-hydroxylation sites is 4. The van der Waals surface area contributed by atoms with Crippen LogP contribution in [-0.2, 0) is 0 Å². The monoisotopic (exact) mass is 744 g/mol. The molecule has 11 aromatic rings. The molecule has 3 heteroatoms. The topological polar surface area (TPSA) is 8.17 Å². The van der Waals surface area contributed by atoms with Gasteiger partial charge in [-0.05, 0) is 69.9 Å². The molecule has 2 aromatic heterocycles. The van der Waals surface area contributed by atoms with Crippen molar-refractivity contribution in [3.05, 3.63) is 218 Å². The highest BCUT2D eigenvalue weighted by molar-refractivity contribution is 7.27. The van der Waals surface area contributed by atoms with Gasteiger partial charge in [0.1, 0.15) is 0 Å². The zero-order valence-corrected chi connectivity index (χ0v) is 31.9.